The van der Waals surface area contributed by atoms with Crippen molar-refractivity contribution >= 4 is 0 Å². The van der Waals surface area contributed by atoms with Crippen molar-refractivity contribution in [1.29, 1.82) is 0 Å². The highest BCUT2D eigenvalue weighted by molar-refractivity contribution is 5.29. The average Bonchev–Trinajstić information content (AvgIpc) is 2.55. The summed E-state index contributed by atoms with van der Waals surface area (Å²) in [6.45, 7) is 2.57. The monoisotopic (exact) mass is 303 g/mol. The second kappa shape index (κ2) is 6.55. The van der Waals surface area contributed by atoms with Gasteiger partial charge in [0.2, 0.25) is 0 Å². The Morgan fingerprint density at radius 2 is 1.82 bits per heavy atom. The number of fused-ring (bicyclic) bond motifs is 1. The number of halogens is 2. The summed E-state index contributed by atoms with van der Waals surface area (Å²) in [5, 5.41) is 10.1. The van der Waals surface area contributed by atoms with E-state index >= 15 is 0 Å². The number of aliphatic hydroxyl groups excluding tert-OH is 1. The lowest BCUT2D eigenvalue weighted by Crippen LogP contribution is -2.32. The third kappa shape index (κ3) is 3.34. The third-order valence-electron chi connectivity index (χ3n) is 4.26. The third-order valence-corrected chi connectivity index (χ3v) is 4.26. The molecule has 1 unspecified atom stereocenters. The molecule has 0 aromatic heterocycles. The molecule has 0 aliphatic carbocycles. The molecule has 0 fully saturated rings. The first-order valence-electron chi connectivity index (χ1n) is 7.55. The number of nitrogens with zero attached hydrogens (tertiary/aromatic N) is 1. The summed E-state index contributed by atoms with van der Waals surface area (Å²) in [6.07, 6.45) is 0.747. The van der Waals surface area contributed by atoms with E-state index in [4.69, 9.17) is 0 Å². The van der Waals surface area contributed by atoms with E-state index in [9.17, 15) is 13.9 Å². The Hall–Kier alpha value is -1.78. The molecule has 1 aliphatic rings. The predicted octanol–water partition coefficient (Wildman–Crippen LogP) is 3.45. The van der Waals surface area contributed by atoms with Crippen LogP contribution in [0.4, 0.5) is 8.78 Å². The van der Waals surface area contributed by atoms with Crippen molar-refractivity contribution < 1.29 is 13.9 Å². The highest BCUT2D eigenvalue weighted by atomic mass is 19.2. The van der Waals surface area contributed by atoms with Crippen LogP contribution >= 0.6 is 0 Å². The largest absolute Gasteiger partial charge is 0.388 e. The smallest absolute Gasteiger partial charge is 0.159 e. The van der Waals surface area contributed by atoms with E-state index in [1.807, 2.05) is 6.07 Å². The Morgan fingerprint density at radius 1 is 1.05 bits per heavy atom. The van der Waals surface area contributed by atoms with E-state index in [1.165, 1.54) is 17.2 Å². The van der Waals surface area contributed by atoms with Gasteiger partial charge >= 0.3 is 0 Å². The van der Waals surface area contributed by atoms with Crippen LogP contribution in [-0.2, 0) is 13.0 Å². The normalized spacial score (nSPS) is 16.3. The maximum absolute atomic E-state index is 13.2. The lowest BCUT2D eigenvalue weighted by Gasteiger charge is -2.29. The van der Waals surface area contributed by atoms with Gasteiger partial charge in [0.05, 0.1) is 6.10 Å². The molecule has 0 radical (unpaired) electrons. The van der Waals surface area contributed by atoms with Gasteiger partial charge in [-0.05, 0) is 41.7 Å². The van der Waals surface area contributed by atoms with Crippen molar-refractivity contribution in [2.24, 2.45) is 0 Å². The fourth-order valence-corrected chi connectivity index (χ4v) is 2.94. The van der Waals surface area contributed by atoms with Crippen molar-refractivity contribution in [3.05, 3.63) is 70.8 Å². The molecule has 1 aliphatic heterocycles. The molecule has 0 spiro atoms. The van der Waals surface area contributed by atoms with Gasteiger partial charge in [0.1, 0.15) is 0 Å². The minimum absolute atomic E-state index is 0.427. The number of rotatable bonds is 4. The van der Waals surface area contributed by atoms with Crippen LogP contribution in [0.3, 0.4) is 0 Å². The topological polar surface area (TPSA) is 23.5 Å². The summed E-state index contributed by atoms with van der Waals surface area (Å²) >= 11 is 0. The van der Waals surface area contributed by atoms with Crippen molar-refractivity contribution in [1.82, 2.24) is 4.90 Å². The quantitative estimate of drug-likeness (QED) is 0.935. The molecule has 4 heteroatoms. The first-order valence-corrected chi connectivity index (χ1v) is 7.55. The van der Waals surface area contributed by atoms with Crippen molar-refractivity contribution in [2.45, 2.75) is 25.5 Å². The molecular weight excluding hydrogens is 284 g/mol. The van der Waals surface area contributed by atoms with Crippen LogP contribution in [0, 0.1) is 11.6 Å². The maximum atomic E-state index is 13.2. The minimum atomic E-state index is -0.913. The molecule has 0 saturated carbocycles. The zero-order valence-corrected chi connectivity index (χ0v) is 12.3. The van der Waals surface area contributed by atoms with Crippen LogP contribution in [-0.4, -0.2) is 23.1 Å². The summed E-state index contributed by atoms with van der Waals surface area (Å²) in [7, 11) is 0. The van der Waals surface area contributed by atoms with Crippen LogP contribution in [0.25, 0.3) is 0 Å². The van der Waals surface area contributed by atoms with Crippen LogP contribution in [0.1, 0.15) is 29.2 Å². The average molecular weight is 303 g/mol. The molecular formula is C18H19F2NO. The van der Waals surface area contributed by atoms with Crippen molar-refractivity contribution in [2.75, 3.05) is 13.1 Å². The zero-order valence-electron chi connectivity index (χ0n) is 12.3. The van der Waals surface area contributed by atoms with E-state index in [2.05, 4.69) is 23.1 Å². The molecule has 1 N–H and O–H groups in total. The SMILES string of the molecule is OC(CCN1CCc2ccccc2C1)c1ccc(F)c(F)c1. The predicted molar refractivity (Wildman–Crippen MR) is 81.4 cm³/mol. The van der Waals surface area contributed by atoms with Gasteiger partial charge in [-0.2, -0.15) is 0 Å². The van der Waals surface area contributed by atoms with E-state index in [-0.39, 0.29) is 0 Å². The van der Waals surface area contributed by atoms with Gasteiger partial charge in [-0.3, -0.25) is 4.90 Å². The van der Waals surface area contributed by atoms with Crippen LogP contribution < -0.4 is 0 Å². The van der Waals surface area contributed by atoms with E-state index < -0.39 is 17.7 Å². The summed E-state index contributed by atoms with van der Waals surface area (Å²) in [6, 6.07) is 12.0. The first kappa shape index (κ1) is 15.1. The van der Waals surface area contributed by atoms with Gasteiger partial charge in [0, 0.05) is 19.6 Å². The molecule has 2 aromatic rings. The van der Waals surface area contributed by atoms with Gasteiger partial charge in [-0.15, -0.1) is 0 Å². The van der Waals surface area contributed by atoms with Crippen LogP contribution in [0.2, 0.25) is 0 Å². The molecule has 3 rings (SSSR count). The minimum Gasteiger partial charge on any atom is -0.388 e. The second-order valence-corrected chi connectivity index (χ2v) is 5.77. The van der Waals surface area contributed by atoms with E-state index in [0.717, 1.165) is 38.2 Å². The number of benzene rings is 2. The Morgan fingerprint density at radius 3 is 2.59 bits per heavy atom. The van der Waals surface area contributed by atoms with Crippen molar-refractivity contribution in [3.63, 3.8) is 0 Å². The maximum Gasteiger partial charge on any atom is 0.159 e. The van der Waals surface area contributed by atoms with Gasteiger partial charge < -0.3 is 5.11 Å². The van der Waals surface area contributed by atoms with Gasteiger partial charge in [-0.1, -0.05) is 30.3 Å². The molecule has 0 bridgehead atoms. The Labute approximate surface area is 129 Å². The molecule has 22 heavy (non-hydrogen) atoms. The summed E-state index contributed by atoms with van der Waals surface area (Å²) < 4.78 is 26.1. The summed E-state index contributed by atoms with van der Waals surface area (Å²) in [5.74, 6) is -1.80. The van der Waals surface area contributed by atoms with Gasteiger partial charge in [0.15, 0.2) is 11.6 Å². The van der Waals surface area contributed by atoms with Crippen LogP contribution in [0.15, 0.2) is 42.5 Å². The Kier molecular flexibility index (Phi) is 4.50. The van der Waals surface area contributed by atoms with Gasteiger partial charge in [-0.25, -0.2) is 8.78 Å². The Balaban J connectivity index is 1.58. The number of aliphatic hydroxyl groups is 1. The lowest BCUT2D eigenvalue weighted by atomic mass is 9.99. The van der Waals surface area contributed by atoms with E-state index in [0.29, 0.717) is 12.0 Å². The van der Waals surface area contributed by atoms with E-state index in [1.54, 1.807) is 0 Å². The van der Waals surface area contributed by atoms with Crippen LogP contribution in [0.5, 0.6) is 0 Å². The molecule has 0 saturated heterocycles. The number of hydrogen-bond acceptors (Lipinski definition) is 2. The first-order chi connectivity index (χ1) is 10.6. The lowest BCUT2D eigenvalue weighted by molar-refractivity contribution is 0.137. The Bertz CT molecular complexity index is 659. The fraction of sp³-hybridized carbons (Fsp3) is 0.333. The molecule has 2 aromatic carbocycles. The summed E-state index contributed by atoms with van der Waals surface area (Å²) in [4.78, 5) is 2.28. The molecule has 0 amide bonds. The standard InChI is InChI=1S/C18H19F2NO/c19-16-6-5-14(11-17(16)20)18(22)8-10-21-9-7-13-3-1-2-4-15(13)12-21/h1-6,11,18,22H,7-10,12H2. The molecule has 116 valence electrons. The summed E-state index contributed by atoms with van der Waals surface area (Å²) in [5.41, 5.74) is 3.15. The number of hydrogen-bond donors (Lipinski definition) is 1. The highest BCUT2D eigenvalue weighted by Crippen LogP contribution is 2.22. The van der Waals surface area contributed by atoms with Gasteiger partial charge in [0.25, 0.3) is 0 Å². The second-order valence-electron chi connectivity index (χ2n) is 5.77. The fourth-order valence-electron chi connectivity index (χ4n) is 2.94. The molecule has 2 nitrogen and oxygen atoms in total. The van der Waals surface area contributed by atoms with Crippen molar-refractivity contribution in [3.8, 4) is 0 Å². The zero-order chi connectivity index (χ0) is 15.5. The molecule has 1 atom stereocenters. The highest BCUT2D eigenvalue weighted by Gasteiger charge is 2.17. The molecule has 1 heterocycles.